The molecule has 0 atom stereocenters. The Kier molecular flexibility index (Phi) is 6.30. The van der Waals surface area contributed by atoms with Crippen LogP contribution in [0.15, 0.2) is 116 Å². The first-order chi connectivity index (χ1) is 15.5. The highest BCUT2D eigenvalue weighted by Crippen LogP contribution is 2.53. The summed E-state index contributed by atoms with van der Waals surface area (Å²) in [5.41, 5.74) is 2.17. The number of nitrogens with one attached hydrogen (secondary N) is 1. The summed E-state index contributed by atoms with van der Waals surface area (Å²) in [7, 11) is -2.03. The fourth-order valence-electron chi connectivity index (χ4n) is 4.01. The molecule has 0 aliphatic heterocycles. The molecular formula is C28H24FNOP+. The van der Waals surface area contributed by atoms with Crippen molar-refractivity contribution in [3.8, 4) is 11.1 Å². The number of carbonyl (C=O) groups excluding carboxylic acids is 1. The van der Waals surface area contributed by atoms with Gasteiger partial charge < -0.3 is 5.32 Å². The van der Waals surface area contributed by atoms with Crippen LogP contribution in [0.25, 0.3) is 11.1 Å². The lowest BCUT2D eigenvalue weighted by molar-refractivity contribution is -0.111. The zero-order chi connectivity index (χ0) is 22.6. The van der Waals surface area contributed by atoms with Crippen molar-refractivity contribution in [1.29, 1.82) is 0 Å². The van der Waals surface area contributed by atoms with Gasteiger partial charge in [0.15, 0.2) is 0 Å². The van der Waals surface area contributed by atoms with Crippen LogP contribution < -0.4 is 21.2 Å². The number of rotatable bonds is 6. The third-order valence-corrected chi connectivity index (χ3v) is 9.66. The second-order valence-corrected chi connectivity index (χ2v) is 11.1. The molecule has 0 aliphatic carbocycles. The Morgan fingerprint density at radius 3 is 1.97 bits per heavy atom. The first-order valence-corrected chi connectivity index (χ1v) is 12.6. The second-order valence-electron chi connectivity index (χ2n) is 7.58. The van der Waals surface area contributed by atoms with Gasteiger partial charge in [0.25, 0.3) is 0 Å². The Morgan fingerprint density at radius 1 is 0.812 bits per heavy atom. The minimum absolute atomic E-state index is 0.377. The monoisotopic (exact) mass is 440 g/mol. The van der Waals surface area contributed by atoms with Gasteiger partial charge in [-0.3, -0.25) is 4.79 Å². The molecule has 4 heteroatoms. The topological polar surface area (TPSA) is 29.1 Å². The van der Waals surface area contributed by atoms with Crippen LogP contribution >= 0.6 is 7.26 Å². The number of anilines is 1. The SMILES string of the molecule is C=CC(=O)Nc1cc(F)ccc1-c1ccccc1[P+](C)(c1ccccc1)c1ccccc1. The zero-order valence-corrected chi connectivity index (χ0v) is 18.7. The number of benzene rings is 4. The number of halogens is 1. The smallest absolute Gasteiger partial charge is 0.247 e. The zero-order valence-electron chi connectivity index (χ0n) is 17.8. The molecule has 4 aromatic rings. The Balaban J connectivity index is 1.99. The van der Waals surface area contributed by atoms with Crippen molar-refractivity contribution >= 4 is 34.8 Å². The van der Waals surface area contributed by atoms with Crippen LogP contribution in [0.1, 0.15) is 0 Å². The third-order valence-electron chi connectivity index (χ3n) is 5.65. The van der Waals surface area contributed by atoms with Crippen LogP contribution in [0.5, 0.6) is 0 Å². The molecule has 0 saturated carbocycles. The molecule has 158 valence electrons. The van der Waals surface area contributed by atoms with E-state index in [1.807, 2.05) is 30.3 Å². The maximum atomic E-state index is 14.1. The highest BCUT2D eigenvalue weighted by molar-refractivity contribution is 7.95. The quantitative estimate of drug-likeness (QED) is 0.310. The van der Waals surface area contributed by atoms with Gasteiger partial charge in [0, 0.05) is 11.1 Å². The van der Waals surface area contributed by atoms with E-state index in [0.29, 0.717) is 5.69 Å². The molecule has 4 aromatic carbocycles. The molecule has 0 heterocycles. The molecule has 0 aromatic heterocycles. The van der Waals surface area contributed by atoms with Crippen molar-refractivity contribution < 1.29 is 9.18 Å². The van der Waals surface area contributed by atoms with E-state index >= 15 is 0 Å². The van der Waals surface area contributed by atoms with Gasteiger partial charge in [0.2, 0.25) is 5.91 Å². The minimum atomic E-state index is -2.03. The minimum Gasteiger partial charge on any atom is -0.322 e. The number of hydrogen-bond acceptors (Lipinski definition) is 1. The van der Waals surface area contributed by atoms with Crippen LogP contribution in [0.4, 0.5) is 10.1 Å². The average molecular weight is 440 g/mol. The first kappa shape index (κ1) is 21.7. The summed E-state index contributed by atoms with van der Waals surface area (Å²) in [5.74, 6) is -0.785. The predicted octanol–water partition coefficient (Wildman–Crippen LogP) is 5.54. The number of hydrogen-bond donors (Lipinski definition) is 1. The fraction of sp³-hybridized carbons (Fsp3) is 0.0357. The van der Waals surface area contributed by atoms with Gasteiger partial charge in [0.1, 0.15) is 29.0 Å². The van der Waals surface area contributed by atoms with Gasteiger partial charge >= 0.3 is 0 Å². The van der Waals surface area contributed by atoms with Crippen LogP contribution in [0, 0.1) is 5.82 Å². The van der Waals surface area contributed by atoms with Crippen LogP contribution in [0.2, 0.25) is 0 Å². The van der Waals surface area contributed by atoms with E-state index in [9.17, 15) is 9.18 Å². The van der Waals surface area contributed by atoms with Gasteiger partial charge in [-0.05, 0) is 54.6 Å². The molecule has 1 amide bonds. The molecule has 0 saturated heterocycles. The van der Waals surface area contributed by atoms with E-state index in [2.05, 4.69) is 73.2 Å². The molecular weight excluding hydrogens is 416 g/mol. The van der Waals surface area contributed by atoms with Crippen molar-refractivity contribution in [2.24, 2.45) is 0 Å². The Morgan fingerprint density at radius 2 is 1.38 bits per heavy atom. The third kappa shape index (κ3) is 4.12. The Labute approximate surface area is 188 Å². The van der Waals surface area contributed by atoms with Gasteiger partial charge in [-0.1, -0.05) is 61.2 Å². The van der Waals surface area contributed by atoms with Gasteiger partial charge in [-0.15, -0.1) is 0 Å². The maximum Gasteiger partial charge on any atom is 0.247 e. The predicted molar refractivity (Wildman–Crippen MR) is 135 cm³/mol. The largest absolute Gasteiger partial charge is 0.322 e. The lowest BCUT2D eigenvalue weighted by Crippen LogP contribution is -2.31. The highest BCUT2D eigenvalue weighted by atomic mass is 31.2. The normalized spacial score (nSPS) is 11.1. The van der Waals surface area contributed by atoms with E-state index in [0.717, 1.165) is 16.4 Å². The van der Waals surface area contributed by atoms with Gasteiger partial charge in [-0.2, -0.15) is 0 Å². The fourth-order valence-corrected chi connectivity index (χ4v) is 7.46. The van der Waals surface area contributed by atoms with Gasteiger partial charge in [0.05, 0.1) is 12.4 Å². The van der Waals surface area contributed by atoms with E-state index in [4.69, 9.17) is 0 Å². The van der Waals surface area contributed by atoms with E-state index < -0.39 is 13.1 Å². The summed E-state index contributed by atoms with van der Waals surface area (Å²) in [4.78, 5) is 12.1. The Hall–Kier alpha value is -3.55. The summed E-state index contributed by atoms with van der Waals surface area (Å²) in [6, 6.07) is 33.7. The van der Waals surface area contributed by atoms with Crippen LogP contribution in [0.3, 0.4) is 0 Å². The van der Waals surface area contributed by atoms with Crippen molar-refractivity contribution in [3.05, 3.63) is 122 Å². The highest BCUT2D eigenvalue weighted by Gasteiger charge is 2.42. The van der Waals surface area contributed by atoms with E-state index in [1.54, 1.807) is 6.07 Å². The Bertz CT molecular complexity index is 1220. The maximum absolute atomic E-state index is 14.1. The summed E-state index contributed by atoms with van der Waals surface area (Å²) in [6.07, 6.45) is 1.19. The number of carbonyl (C=O) groups is 1. The van der Waals surface area contributed by atoms with E-state index in [1.165, 1.54) is 28.8 Å². The molecule has 4 rings (SSSR count). The van der Waals surface area contributed by atoms with Crippen LogP contribution in [-0.4, -0.2) is 12.6 Å². The molecule has 0 fully saturated rings. The molecule has 2 nitrogen and oxygen atoms in total. The lowest BCUT2D eigenvalue weighted by atomic mass is 10.0. The van der Waals surface area contributed by atoms with Crippen molar-refractivity contribution in [1.82, 2.24) is 0 Å². The average Bonchev–Trinajstić information content (AvgIpc) is 2.85. The summed E-state index contributed by atoms with van der Waals surface area (Å²) >= 11 is 0. The van der Waals surface area contributed by atoms with Crippen molar-refractivity contribution in [2.75, 3.05) is 12.0 Å². The molecule has 0 spiro atoms. The molecule has 0 unspecified atom stereocenters. The molecule has 32 heavy (non-hydrogen) atoms. The van der Waals surface area contributed by atoms with Crippen molar-refractivity contribution in [3.63, 3.8) is 0 Å². The van der Waals surface area contributed by atoms with Crippen LogP contribution in [-0.2, 0) is 4.79 Å². The lowest BCUT2D eigenvalue weighted by Gasteiger charge is -2.26. The van der Waals surface area contributed by atoms with Crippen molar-refractivity contribution in [2.45, 2.75) is 0 Å². The molecule has 0 aliphatic rings. The van der Waals surface area contributed by atoms with E-state index in [-0.39, 0.29) is 5.91 Å². The summed E-state index contributed by atoms with van der Waals surface area (Å²) < 4.78 is 14.1. The second kappa shape index (κ2) is 9.30. The molecule has 0 bridgehead atoms. The first-order valence-electron chi connectivity index (χ1n) is 10.3. The summed E-state index contributed by atoms with van der Waals surface area (Å²) in [6.45, 7) is 5.83. The number of amides is 1. The standard InChI is InChI=1S/C28H23FNOP/c1-3-28(31)30-26-20-21(29)18-19-24(26)25-16-10-11-17-27(25)32(2,22-12-6-4-7-13-22)23-14-8-5-9-15-23/h3-20H,1H2,2H3/p+1. The molecule has 1 N–H and O–H groups in total. The van der Waals surface area contributed by atoms with Gasteiger partial charge in [-0.25, -0.2) is 4.39 Å². The molecule has 0 radical (unpaired) electrons. The summed E-state index contributed by atoms with van der Waals surface area (Å²) in [5, 5.41) is 6.43.